The van der Waals surface area contributed by atoms with Gasteiger partial charge in [-0.2, -0.15) is 5.26 Å². The average molecular weight is 557 g/mol. The molecule has 1 aliphatic carbocycles. The van der Waals surface area contributed by atoms with Gasteiger partial charge in [-0.3, -0.25) is 24.9 Å². The van der Waals surface area contributed by atoms with Crippen molar-refractivity contribution in [3.63, 3.8) is 0 Å². The zero-order valence-corrected chi connectivity index (χ0v) is 24.4. The van der Waals surface area contributed by atoms with Crippen LogP contribution in [0.5, 0.6) is 0 Å². The van der Waals surface area contributed by atoms with Crippen LogP contribution in [-0.4, -0.2) is 97.2 Å². The summed E-state index contributed by atoms with van der Waals surface area (Å²) in [5.74, 6) is 1.40. The van der Waals surface area contributed by atoms with E-state index in [4.69, 9.17) is 0 Å². The third-order valence-electron chi connectivity index (χ3n) is 8.83. The van der Waals surface area contributed by atoms with Gasteiger partial charge in [-0.1, -0.05) is 25.0 Å². The van der Waals surface area contributed by atoms with Gasteiger partial charge in [0.25, 0.3) is 5.91 Å². The molecule has 0 unspecified atom stereocenters. The normalized spacial score (nSPS) is 19.2. The van der Waals surface area contributed by atoms with Crippen LogP contribution in [0.3, 0.4) is 0 Å². The first-order valence-electron chi connectivity index (χ1n) is 15.0. The van der Waals surface area contributed by atoms with E-state index in [-0.39, 0.29) is 17.6 Å². The Balaban J connectivity index is 1.16. The fourth-order valence-electron chi connectivity index (χ4n) is 6.23. The highest BCUT2D eigenvalue weighted by Gasteiger charge is 2.30. The van der Waals surface area contributed by atoms with Gasteiger partial charge >= 0.3 is 0 Å². The van der Waals surface area contributed by atoms with Crippen LogP contribution in [0.4, 0.5) is 5.82 Å². The van der Waals surface area contributed by atoms with Gasteiger partial charge in [0.15, 0.2) is 0 Å². The maximum atomic E-state index is 13.3. The summed E-state index contributed by atoms with van der Waals surface area (Å²) >= 11 is 0. The molecule has 1 saturated carbocycles. The quantitative estimate of drug-likeness (QED) is 0.378. The van der Waals surface area contributed by atoms with Crippen LogP contribution in [0.1, 0.15) is 60.3 Å². The Morgan fingerprint density at radius 3 is 2.39 bits per heavy atom. The second-order valence-electron chi connectivity index (χ2n) is 11.9. The third kappa shape index (κ3) is 7.43. The molecule has 2 amide bonds. The molecule has 10 nitrogen and oxygen atoms in total. The molecule has 1 aromatic carbocycles. The number of benzene rings is 1. The monoisotopic (exact) mass is 556 g/mol. The van der Waals surface area contributed by atoms with Gasteiger partial charge in [0.1, 0.15) is 19.7 Å². The lowest BCUT2D eigenvalue weighted by molar-refractivity contribution is -0.138. The van der Waals surface area contributed by atoms with Crippen molar-refractivity contribution >= 4 is 30.9 Å². The number of likely N-dealkylation sites (N-methyl/N-ethyl adjacent to an activating group) is 1. The van der Waals surface area contributed by atoms with Gasteiger partial charge in [0.2, 0.25) is 11.7 Å². The molecule has 11 heteroatoms. The molecule has 0 atom stereocenters. The Kier molecular flexibility index (Phi) is 9.52. The molecule has 0 bridgehead atoms. The summed E-state index contributed by atoms with van der Waals surface area (Å²) in [6.07, 6.45) is 8.08. The standard InChI is InChI=1S/C30H41BN8O2/c1-36-14-16-38(17-15-36)30(41)25-10-12-37(13-11-25)20-23-6-8-24(9-7-23)29(40)35-39(21-22-4-2-3-5-22)28-26(31)19-33-27(18-32)34-28/h6-9,19,22,25H,2-5,10-17,20-21,31H2,1H3,(H,35,40). The topological polar surface area (TPSA) is 109 Å². The van der Waals surface area contributed by atoms with E-state index >= 15 is 0 Å². The summed E-state index contributed by atoms with van der Waals surface area (Å²) in [5, 5.41) is 11.1. The summed E-state index contributed by atoms with van der Waals surface area (Å²) in [6.45, 7) is 6.87. The second-order valence-corrected chi connectivity index (χ2v) is 11.9. The van der Waals surface area contributed by atoms with Crippen molar-refractivity contribution in [2.24, 2.45) is 11.8 Å². The van der Waals surface area contributed by atoms with Gasteiger partial charge in [-0.05, 0) is 74.9 Å². The van der Waals surface area contributed by atoms with Crippen LogP contribution >= 0.6 is 0 Å². The van der Waals surface area contributed by atoms with Crippen LogP contribution in [-0.2, 0) is 11.3 Å². The SMILES string of the molecule is Bc1cnc(C#N)nc1N(CC1CCCC1)NC(=O)c1ccc(CN2CCC(C(=O)N3CCN(C)CC3)CC2)cc1. The summed E-state index contributed by atoms with van der Waals surface area (Å²) in [4.78, 5) is 41.5. The summed E-state index contributed by atoms with van der Waals surface area (Å²) < 4.78 is 0. The number of piperazine rings is 1. The number of nitrogens with zero attached hydrogens (tertiary/aromatic N) is 7. The Labute approximate surface area is 244 Å². The number of hydrogen-bond donors (Lipinski definition) is 1. The Hall–Kier alpha value is -3.49. The number of rotatable bonds is 8. The molecular formula is C30H41BN8O2. The maximum Gasteiger partial charge on any atom is 0.269 e. The first kappa shape index (κ1) is 29.0. The number of likely N-dealkylation sites (tertiary alicyclic amines) is 1. The number of hydrogen-bond acceptors (Lipinski definition) is 8. The molecule has 2 aliphatic heterocycles. The Morgan fingerprint density at radius 1 is 1.05 bits per heavy atom. The van der Waals surface area contributed by atoms with Crippen LogP contribution in [0.15, 0.2) is 30.5 Å². The first-order chi connectivity index (χ1) is 19.9. The number of amides is 2. The summed E-state index contributed by atoms with van der Waals surface area (Å²) in [5.41, 5.74) is 5.60. The molecule has 3 aliphatic rings. The van der Waals surface area contributed by atoms with Gasteiger partial charge in [-0.25, -0.2) is 9.97 Å². The number of carbonyl (C=O) groups is 2. The third-order valence-corrected chi connectivity index (χ3v) is 8.83. The first-order valence-corrected chi connectivity index (χ1v) is 15.0. The Bertz CT molecular complexity index is 1240. The Morgan fingerprint density at radius 2 is 1.73 bits per heavy atom. The lowest BCUT2D eigenvalue weighted by Gasteiger charge is -2.37. The minimum atomic E-state index is -0.200. The van der Waals surface area contributed by atoms with E-state index in [2.05, 4.69) is 32.2 Å². The lowest BCUT2D eigenvalue weighted by atomic mass is 9.94. The van der Waals surface area contributed by atoms with E-state index in [1.807, 2.05) is 43.1 Å². The zero-order chi connectivity index (χ0) is 28.8. The summed E-state index contributed by atoms with van der Waals surface area (Å²) in [7, 11) is 4.00. The minimum Gasteiger partial charge on any atom is -0.340 e. The average Bonchev–Trinajstić information content (AvgIpc) is 3.51. The minimum absolute atomic E-state index is 0.0911. The van der Waals surface area contributed by atoms with Gasteiger partial charge in [0.05, 0.1) is 0 Å². The van der Waals surface area contributed by atoms with Crippen LogP contribution in [0, 0.1) is 23.2 Å². The van der Waals surface area contributed by atoms with E-state index in [0.29, 0.717) is 29.8 Å². The van der Waals surface area contributed by atoms with Crippen molar-refractivity contribution in [2.75, 3.05) is 57.9 Å². The molecule has 0 radical (unpaired) electrons. The van der Waals surface area contributed by atoms with Crippen molar-refractivity contribution in [2.45, 2.75) is 45.1 Å². The van der Waals surface area contributed by atoms with Crippen molar-refractivity contribution in [1.29, 1.82) is 5.26 Å². The van der Waals surface area contributed by atoms with Crippen molar-refractivity contribution in [1.82, 2.24) is 30.1 Å². The highest BCUT2D eigenvalue weighted by molar-refractivity contribution is 6.35. The second kappa shape index (κ2) is 13.5. The van der Waals surface area contributed by atoms with Crippen molar-refractivity contribution < 1.29 is 9.59 Å². The van der Waals surface area contributed by atoms with Crippen LogP contribution < -0.4 is 15.9 Å². The number of carbonyl (C=O) groups excluding carboxylic acids is 2. The molecule has 2 saturated heterocycles. The molecular weight excluding hydrogens is 515 g/mol. The fraction of sp³-hybridized carbons (Fsp3) is 0.567. The number of hydrazine groups is 1. The van der Waals surface area contributed by atoms with Gasteiger partial charge in [0, 0.05) is 56.9 Å². The highest BCUT2D eigenvalue weighted by Crippen LogP contribution is 2.26. The molecule has 3 heterocycles. The van der Waals surface area contributed by atoms with E-state index in [0.717, 1.165) is 82.5 Å². The number of anilines is 1. The zero-order valence-electron chi connectivity index (χ0n) is 24.4. The molecule has 1 aromatic heterocycles. The van der Waals surface area contributed by atoms with Crippen LogP contribution in [0.2, 0.25) is 0 Å². The molecule has 2 aromatic rings. The van der Waals surface area contributed by atoms with Gasteiger partial charge < -0.3 is 9.80 Å². The van der Waals surface area contributed by atoms with E-state index < -0.39 is 0 Å². The molecule has 216 valence electrons. The van der Waals surface area contributed by atoms with E-state index in [9.17, 15) is 14.9 Å². The highest BCUT2D eigenvalue weighted by atomic mass is 16.2. The number of aromatic nitrogens is 2. The van der Waals surface area contributed by atoms with Crippen molar-refractivity contribution in [3.8, 4) is 6.07 Å². The van der Waals surface area contributed by atoms with Crippen molar-refractivity contribution in [3.05, 3.63) is 47.4 Å². The molecule has 1 N–H and O–H groups in total. The maximum absolute atomic E-state index is 13.3. The predicted molar refractivity (Wildman–Crippen MR) is 160 cm³/mol. The summed E-state index contributed by atoms with van der Waals surface area (Å²) in [6, 6.07) is 9.78. The number of nitrogens with one attached hydrogen (secondary N) is 1. The lowest BCUT2D eigenvalue weighted by Crippen LogP contribution is -2.50. The number of nitriles is 1. The molecule has 5 rings (SSSR count). The van der Waals surface area contributed by atoms with Crippen LogP contribution in [0.25, 0.3) is 0 Å². The molecule has 3 fully saturated rings. The van der Waals surface area contributed by atoms with E-state index in [1.165, 1.54) is 12.8 Å². The molecule has 0 spiro atoms. The largest absolute Gasteiger partial charge is 0.340 e. The fourth-order valence-corrected chi connectivity index (χ4v) is 6.23. The number of piperidine rings is 1. The molecule has 41 heavy (non-hydrogen) atoms. The smallest absolute Gasteiger partial charge is 0.269 e. The van der Waals surface area contributed by atoms with E-state index in [1.54, 1.807) is 11.2 Å². The predicted octanol–water partition coefficient (Wildman–Crippen LogP) is 0.934. The van der Waals surface area contributed by atoms with Gasteiger partial charge in [-0.15, -0.1) is 0 Å².